The Morgan fingerprint density at radius 2 is 1.76 bits per heavy atom. The second-order valence-corrected chi connectivity index (χ2v) is 12.3. The Hall–Kier alpha value is -2.73. The third-order valence-electron chi connectivity index (χ3n) is 6.54. The number of benzene rings is 2. The van der Waals surface area contributed by atoms with Crippen molar-refractivity contribution in [2.75, 3.05) is 37.0 Å². The van der Waals surface area contributed by atoms with Gasteiger partial charge in [-0.15, -0.1) is 10.2 Å². The number of morpholine rings is 1. The van der Waals surface area contributed by atoms with E-state index in [2.05, 4.69) is 24.0 Å². The maximum absolute atomic E-state index is 13.3. The molecule has 204 valence electrons. The van der Waals surface area contributed by atoms with Gasteiger partial charge in [-0.05, 0) is 51.5 Å². The molecule has 0 unspecified atom stereocenters. The zero-order chi connectivity index (χ0) is 27.3. The number of sulfonamides is 1. The lowest BCUT2D eigenvalue weighted by Crippen LogP contribution is -2.40. The number of thioether (sulfide) groups is 1. The minimum atomic E-state index is -3.65. The molecular formula is C27H35N5O4S2. The van der Waals surface area contributed by atoms with Crippen molar-refractivity contribution < 1.29 is 17.9 Å². The second-order valence-electron chi connectivity index (χ2n) is 9.46. The van der Waals surface area contributed by atoms with E-state index < -0.39 is 10.0 Å². The Bertz CT molecular complexity index is 1340. The summed E-state index contributed by atoms with van der Waals surface area (Å²) in [5.41, 5.74) is 1.52. The third-order valence-corrected chi connectivity index (χ3v) is 9.36. The highest BCUT2D eigenvalue weighted by Crippen LogP contribution is 2.31. The highest BCUT2D eigenvalue weighted by atomic mass is 32.2. The van der Waals surface area contributed by atoms with Crippen LogP contribution < -0.4 is 4.90 Å². The Balaban J connectivity index is 1.61. The van der Waals surface area contributed by atoms with Crippen molar-refractivity contribution in [1.29, 1.82) is 0 Å². The van der Waals surface area contributed by atoms with E-state index in [9.17, 15) is 13.2 Å². The summed E-state index contributed by atoms with van der Waals surface area (Å²) < 4.78 is 35.3. The summed E-state index contributed by atoms with van der Waals surface area (Å²) in [6, 6.07) is 16.5. The van der Waals surface area contributed by atoms with Crippen LogP contribution in [0.15, 0.2) is 64.6 Å². The van der Waals surface area contributed by atoms with Crippen LogP contribution in [0.25, 0.3) is 11.4 Å². The minimum absolute atomic E-state index is 0.00431. The van der Waals surface area contributed by atoms with Crippen molar-refractivity contribution in [3.8, 4) is 11.4 Å². The van der Waals surface area contributed by atoms with E-state index in [1.165, 1.54) is 16.1 Å². The summed E-state index contributed by atoms with van der Waals surface area (Å²) in [6.07, 6.45) is 0.820. The monoisotopic (exact) mass is 557 g/mol. The summed E-state index contributed by atoms with van der Waals surface area (Å²) in [6.45, 7) is 9.57. The van der Waals surface area contributed by atoms with Crippen molar-refractivity contribution in [1.82, 2.24) is 19.1 Å². The minimum Gasteiger partial charge on any atom is -0.379 e. The molecule has 1 fully saturated rings. The van der Waals surface area contributed by atoms with Gasteiger partial charge in [0, 0.05) is 36.4 Å². The van der Waals surface area contributed by atoms with Crippen LogP contribution in [0.5, 0.6) is 0 Å². The van der Waals surface area contributed by atoms with Crippen LogP contribution in [0.1, 0.15) is 40.2 Å². The van der Waals surface area contributed by atoms with Crippen LogP contribution in [-0.4, -0.2) is 71.5 Å². The molecule has 0 N–H and O–H groups in total. The average Bonchev–Trinajstić information content (AvgIpc) is 3.36. The van der Waals surface area contributed by atoms with Crippen LogP contribution in [-0.2, 0) is 19.6 Å². The van der Waals surface area contributed by atoms with Gasteiger partial charge in [-0.3, -0.25) is 9.36 Å². The van der Waals surface area contributed by atoms with Gasteiger partial charge in [0.1, 0.15) is 0 Å². The molecule has 0 bridgehead atoms. The fraction of sp³-hybridized carbons (Fsp3) is 0.444. The molecule has 2 aromatic carbocycles. The number of anilines is 1. The topological polar surface area (TPSA) is 97.6 Å². The number of para-hydroxylation sites is 1. The zero-order valence-electron chi connectivity index (χ0n) is 22.3. The molecule has 0 saturated carbocycles. The van der Waals surface area contributed by atoms with Gasteiger partial charge in [0.2, 0.25) is 15.9 Å². The third kappa shape index (κ3) is 6.12. The number of aromatic nitrogens is 3. The predicted molar refractivity (Wildman–Crippen MR) is 150 cm³/mol. The van der Waals surface area contributed by atoms with Crippen molar-refractivity contribution in [2.24, 2.45) is 0 Å². The van der Waals surface area contributed by atoms with Crippen LogP contribution >= 0.6 is 11.8 Å². The van der Waals surface area contributed by atoms with E-state index in [1.807, 2.05) is 54.8 Å². The van der Waals surface area contributed by atoms with E-state index >= 15 is 0 Å². The van der Waals surface area contributed by atoms with Gasteiger partial charge in [-0.25, -0.2) is 8.42 Å². The van der Waals surface area contributed by atoms with Gasteiger partial charge in [0.25, 0.3) is 0 Å². The highest BCUT2D eigenvalue weighted by Gasteiger charge is 2.28. The maximum Gasteiger partial charge on any atom is 0.243 e. The second kappa shape index (κ2) is 12.4. The standard InChI is InChI=1S/C27H35N5O4S2/c1-5-21(4)32-26(22-10-9-13-24(18-22)38(34,35)30-14-16-36-17-15-30)28-29-27(32)37-19-25(33)31(20(2)3)23-11-7-6-8-12-23/h6-13,18,20-21H,5,14-17,19H2,1-4H3/t21-/m1/s1. The summed E-state index contributed by atoms with van der Waals surface area (Å²) in [4.78, 5) is 15.3. The molecule has 1 saturated heterocycles. The average molecular weight is 558 g/mol. The molecule has 3 aromatic rings. The quantitative estimate of drug-likeness (QED) is 0.339. The lowest BCUT2D eigenvalue weighted by atomic mass is 10.2. The lowest BCUT2D eigenvalue weighted by Gasteiger charge is -2.27. The van der Waals surface area contributed by atoms with Gasteiger partial charge in [-0.1, -0.05) is 49.0 Å². The SMILES string of the molecule is CC[C@@H](C)n1c(SCC(=O)N(c2ccccc2)C(C)C)nnc1-c1cccc(S(=O)(=O)N2CCOCC2)c1. The molecule has 9 nitrogen and oxygen atoms in total. The molecule has 38 heavy (non-hydrogen) atoms. The predicted octanol–water partition coefficient (Wildman–Crippen LogP) is 4.47. The number of rotatable bonds is 10. The fourth-order valence-corrected chi connectivity index (χ4v) is 6.75. The summed E-state index contributed by atoms with van der Waals surface area (Å²) in [7, 11) is -3.65. The van der Waals surface area contributed by atoms with Crippen molar-refractivity contribution in [3.63, 3.8) is 0 Å². The molecule has 0 aliphatic carbocycles. The summed E-state index contributed by atoms with van der Waals surface area (Å²) in [5.74, 6) is 0.764. The molecule has 1 atom stereocenters. The first kappa shape index (κ1) is 28.3. The smallest absolute Gasteiger partial charge is 0.243 e. The van der Waals surface area contributed by atoms with Gasteiger partial charge in [-0.2, -0.15) is 4.31 Å². The van der Waals surface area contributed by atoms with Crippen LogP contribution in [0.3, 0.4) is 0 Å². The van der Waals surface area contributed by atoms with Gasteiger partial charge >= 0.3 is 0 Å². The number of hydrogen-bond acceptors (Lipinski definition) is 7. The van der Waals surface area contributed by atoms with Crippen LogP contribution in [0.2, 0.25) is 0 Å². The Kier molecular flexibility index (Phi) is 9.24. The Morgan fingerprint density at radius 3 is 2.42 bits per heavy atom. The van der Waals surface area contributed by atoms with E-state index in [1.54, 1.807) is 23.1 Å². The van der Waals surface area contributed by atoms with E-state index in [-0.39, 0.29) is 28.6 Å². The Morgan fingerprint density at radius 1 is 1.05 bits per heavy atom. The van der Waals surface area contributed by atoms with E-state index in [4.69, 9.17) is 4.74 Å². The number of ether oxygens (including phenoxy) is 1. The van der Waals surface area contributed by atoms with E-state index in [0.717, 1.165) is 12.1 Å². The normalized spacial score (nSPS) is 15.5. The largest absolute Gasteiger partial charge is 0.379 e. The molecule has 0 radical (unpaired) electrons. The van der Waals surface area contributed by atoms with Crippen LogP contribution in [0.4, 0.5) is 5.69 Å². The summed E-state index contributed by atoms with van der Waals surface area (Å²) >= 11 is 1.34. The van der Waals surface area contributed by atoms with Gasteiger partial charge < -0.3 is 9.64 Å². The molecule has 4 rings (SSSR count). The molecule has 1 aromatic heterocycles. The lowest BCUT2D eigenvalue weighted by molar-refractivity contribution is -0.116. The zero-order valence-corrected chi connectivity index (χ0v) is 23.9. The number of carbonyl (C=O) groups is 1. The molecule has 11 heteroatoms. The molecular weight excluding hydrogens is 522 g/mol. The van der Waals surface area contributed by atoms with E-state index in [0.29, 0.717) is 42.8 Å². The molecule has 1 aliphatic rings. The maximum atomic E-state index is 13.3. The van der Waals surface area contributed by atoms with Crippen molar-refractivity contribution >= 4 is 33.4 Å². The number of amides is 1. The molecule has 2 heterocycles. The number of carbonyl (C=O) groups excluding carboxylic acids is 1. The van der Waals surface area contributed by atoms with Crippen molar-refractivity contribution in [3.05, 3.63) is 54.6 Å². The van der Waals surface area contributed by atoms with Gasteiger partial charge in [0.05, 0.1) is 23.9 Å². The summed E-state index contributed by atoms with van der Waals surface area (Å²) in [5, 5.41) is 9.49. The first-order valence-electron chi connectivity index (χ1n) is 12.9. The van der Waals surface area contributed by atoms with Crippen LogP contribution in [0, 0.1) is 0 Å². The van der Waals surface area contributed by atoms with Gasteiger partial charge in [0.15, 0.2) is 11.0 Å². The molecule has 1 amide bonds. The molecule has 0 spiro atoms. The number of hydrogen-bond donors (Lipinski definition) is 0. The first-order valence-corrected chi connectivity index (χ1v) is 15.3. The first-order chi connectivity index (χ1) is 18.2. The molecule has 1 aliphatic heterocycles. The Labute approximate surface area is 229 Å². The highest BCUT2D eigenvalue weighted by molar-refractivity contribution is 7.99. The fourth-order valence-electron chi connectivity index (χ4n) is 4.40. The number of nitrogens with zero attached hydrogens (tertiary/aromatic N) is 5. The van der Waals surface area contributed by atoms with Crippen molar-refractivity contribution in [2.45, 2.75) is 56.3 Å².